The molecular formula is C27H19ClFN5O. The van der Waals surface area contributed by atoms with Gasteiger partial charge in [0, 0.05) is 42.8 Å². The van der Waals surface area contributed by atoms with Crippen LogP contribution in [0.25, 0.3) is 55.1 Å². The van der Waals surface area contributed by atoms with Gasteiger partial charge >= 0.3 is 0 Å². The van der Waals surface area contributed by atoms with E-state index in [2.05, 4.69) is 19.9 Å². The first-order chi connectivity index (χ1) is 16.9. The Balaban J connectivity index is 1.66. The number of benzene rings is 3. The SMILES string of the molecule is CN(C)c1ccc(-c2ccc3c(c2)c2c(=O)[nH]ccc2c2nc(-c4c(F)cccc4Cl)[nH]c32)cn1. The van der Waals surface area contributed by atoms with Gasteiger partial charge in [0.25, 0.3) is 5.56 Å². The van der Waals surface area contributed by atoms with E-state index in [1.165, 1.54) is 6.07 Å². The van der Waals surface area contributed by atoms with Gasteiger partial charge < -0.3 is 14.9 Å². The molecule has 35 heavy (non-hydrogen) atoms. The summed E-state index contributed by atoms with van der Waals surface area (Å²) in [5.74, 6) is 0.693. The molecule has 0 atom stereocenters. The first-order valence-corrected chi connectivity index (χ1v) is 11.3. The van der Waals surface area contributed by atoms with Gasteiger partial charge in [0.2, 0.25) is 0 Å². The van der Waals surface area contributed by atoms with E-state index in [4.69, 9.17) is 11.6 Å². The molecule has 0 saturated heterocycles. The minimum atomic E-state index is -0.473. The monoisotopic (exact) mass is 483 g/mol. The predicted molar refractivity (Wildman–Crippen MR) is 140 cm³/mol. The molecule has 0 aliphatic rings. The van der Waals surface area contributed by atoms with E-state index in [-0.39, 0.29) is 16.1 Å². The van der Waals surface area contributed by atoms with Crippen LogP contribution >= 0.6 is 11.6 Å². The zero-order valence-corrected chi connectivity index (χ0v) is 19.6. The van der Waals surface area contributed by atoms with Crippen LogP contribution in [0.2, 0.25) is 5.02 Å². The summed E-state index contributed by atoms with van der Waals surface area (Å²) in [6.07, 6.45) is 3.41. The van der Waals surface area contributed by atoms with Crippen molar-refractivity contribution < 1.29 is 4.39 Å². The number of anilines is 1. The van der Waals surface area contributed by atoms with Gasteiger partial charge in [-0.2, -0.15) is 0 Å². The van der Waals surface area contributed by atoms with Crippen LogP contribution in [0.5, 0.6) is 0 Å². The normalized spacial score (nSPS) is 11.5. The molecule has 6 nitrogen and oxygen atoms in total. The number of hydrogen-bond acceptors (Lipinski definition) is 4. The Morgan fingerprint density at radius 2 is 1.80 bits per heavy atom. The highest BCUT2D eigenvalue weighted by atomic mass is 35.5. The fraction of sp³-hybridized carbons (Fsp3) is 0.0741. The maximum atomic E-state index is 14.7. The summed E-state index contributed by atoms with van der Waals surface area (Å²) in [4.78, 5) is 30.2. The van der Waals surface area contributed by atoms with Crippen molar-refractivity contribution in [1.29, 1.82) is 0 Å². The van der Waals surface area contributed by atoms with Gasteiger partial charge in [0.05, 0.1) is 27.0 Å². The van der Waals surface area contributed by atoms with Crippen molar-refractivity contribution in [3.05, 3.63) is 88.2 Å². The quantitative estimate of drug-likeness (QED) is 0.296. The fourth-order valence-electron chi connectivity index (χ4n) is 4.52. The smallest absolute Gasteiger partial charge is 0.256 e. The fourth-order valence-corrected chi connectivity index (χ4v) is 4.77. The Bertz CT molecular complexity index is 1800. The molecule has 0 saturated carbocycles. The summed E-state index contributed by atoms with van der Waals surface area (Å²) in [5.41, 5.74) is 3.12. The molecule has 0 radical (unpaired) electrons. The molecule has 0 spiro atoms. The van der Waals surface area contributed by atoms with E-state index in [0.717, 1.165) is 27.7 Å². The molecule has 172 valence electrons. The largest absolute Gasteiger partial charge is 0.363 e. The Labute approximate surface area is 204 Å². The van der Waals surface area contributed by atoms with Crippen LogP contribution in [0.4, 0.5) is 10.2 Å². The number of aromatic amines is 2. The average molecular weight is 484 g/mol. The van der Waals surface area contributed by atoms with Gasteiger partial charge in [-0.05, 0) is 47.3 Å². The summed E-state index contributed by atoms with van der Waals surface area (Å²) in [6.45, 7) is 0. The maximum Gasteiger partial charge on any atom is 0.256 e. The van der Waals surface area contributed by atoms with E-state index in [1.54, 1.807) is 18.3 Å². The summed E-state index contributed by atoms with van der Waals surface area (Å²) in [7, 11) is 3.88. The number of hydrogen-bond donors (Lipinski definition) is 2. The van der Waals surface area contributed by atoms with Gasteiger partial charge in [-0.3, -0.25) is 4.79 Å². The highest BCUT2D eigenvalue weighted by Gasteiger charge is 2.19. The summed E-state index contributed by atoms with van der Waals surface area (Å²) in [5, 5.41) is 3.01. The Morgan fingerprint density at radius 1 is 0.971 bits per heavy atom. The van der Waals surface area contributed by atoms with Gasteiger partial charge in [0.15, 0.2) is 0 Å². The topological polar surface area (TPSA) is 77.7 Å². The summed E-state index contributed by atoms with van der Waals surface area (Å²) >= 11 is 6.31. The van der Waals surface area contributed by atoms with Crippen molar-refractivity contribution in [3.8, 4) is 22.5 Å². The Kier molecular flexibility index (Phi) is 4.82. The molecule has 3 aromatic carbocycles. The molecule has 0 fully saturated rings. The van der Waals surface area contributed by atoms with E-state index in [9.17, 15) is 9.18 Å². The van der Waals surface area contributed by atoms with Crippen LogP contribution in [0.3, 0.4) is 0 Å². The van der Waals surface area contributed by atoms with Crippen LogP contribution in [0, 0.1) is 5.82 Å². The average Bonchev–Trinajstić information content (AvgIpc) is 3.29. The van der Waals surface area contributed by atoms with Crippen molar-refractivity contribution in [2.75, 3.05) is 19.0 Å². The van der Waals surface area contributed by atoms with Crippen LogP contribution in [-0.4, -0.2) is 34.0 Å². The lowest BCUT2D eigenvalue weighted by Gasteiger charge is -2.12. The van der Waals surface area contributed by atoms with Crippen molar-refractivity contribution in [3.63, 3.8) is 0 Å². The maximum absolute atomic E-state index is 14.7. The Hall–Kier alpha value is -4.23. The number of nitrogens with zero attached hydrogens (tertiary/aromatic N) is 3. The number of imidazole rings is 1. The van der Waals surface area contributed by atoms with Crippen molar-refractivity contribution in [1.82, 2.24) is 19.9 Å². The lowest BCUT2D eigenvalue weighted by atomic mass is 9.97. The first kappa shape index (κ1) is 21.3. The molecular weight excluding hydrogens is 465 g/mol. The van der Waals surface area contributed by atoms with Crippen LogP contribution in [0.1, 0.15) is 0 Å². The third-order valence-electron chi connectivity index (χ3n) is 6.22. The molecule has 2 N–H and O–H groups in total. The highest BCUT2D eigenvalue weighted by molar-refractivity contribution is 6.33. The van der Waals surface area contributed by atoms with Crippen LogP contribution < -0.4 is 10.5 Å². The lowest BCUT2D eigenvalue weighted by Crippen LogP contribution is -2.09. The van der Waals surface area contributed by atoms with Crippen LogP contribution in [-0.2, 0) is 0 Å². The molecule has 0 amide bonds. The van der Waals surface area contributed by atoms with Gasteiger partial charge in [-0.25, -0.2) is 14.4 Å². The molecule has 8 heteroatoms. The zero-order chi connectivity index (χ0) is 24.3. The first-order valence-electron chi connectivity index (χ1n) is 11.0. The number of H-pyrrole nitrogens is 2. The van der Waals surface area contributed by atoms with Gasteiger partial charge in [-0.1, -0.05) is 29.8 Å². The van der Waals surface area contributed by atoms with Gasteiger partial charge in [-0.15, -0.1) is 0 Å². The molecule has 0 bridgehead atoms. The summed E-state index contributed by atoms with van der Waals surface area (Å²) in [6, 6.07) is 16.2. The number of nitrogens with one attached hydrogen (secondary N) is 2. The third-order valence-corrected chi connectivity index (χ3v) is 6.53. The third kappa shape index (κ3) is 3.35. The lowest BCUT2D eigenvalue weighted by molar-refractivity contribution is 0.630. The Morgan fingerprint density at radius 3 is 2.54 bits per heavy atom. The van der Waals surface area contributed by atoms with Gasteiger partial charge in [0.1, 0.15) is 17.5 Å². The van der Waals surface area contributed by atoms with E-state index < -0.39 is 5.82 Å². The number of fused-ring (bicyclic) bond motifs is 6. The molecule has 3 aromatic heterocycles. The molecule has 0 aliphatic carbocycles. The standard InChI is InChI=1S/C27H19ClFN5O/c1-34(2)21-9-7-15(13-31-21)14-6-8-16-18(12-14)22-17(10-11-30-27(22)35)25-24(16)32-26(33-25)23-19(28)4-3-5-20(23)29/h3-13H,1-2H3,(H,30,35)(H,32,33). The van der Waals surface area contributed by atoms with Crippen molar-refractivity contribution >= 4 is 50.0 Å². The summed E-state index contributed by atoms with van der Waals surface area (Å²) < 4.78 is 14.7. The van der Waals surface area contributed by atoms with E-state index in [1.807, 2.05) is 61.6 Å². The van der Waals surface area contributed by atoms with E-state index >= 15 is 0 Å². The van der Waals surface area contributed by atoms with Crippen LogP contribution in [0.15, 0.2) is 71.8 Å². The molecule has 6 rings (SSSR count). The molecule has 6 aromatic rings. The highest BCUT2D eigenvalue weighted by Crippen LogP contribution is 2.37. The van der Waals surface area contributed by atoms with E-state index in [0.29, 0.717) is 27.6 Å². The number of halogens is 2. The number of rotatable bonds is 3. The molecule has 3 heterocycles. The minimum Gasteiger partial charge on any atom is -0.363 e. The zero-order valence-electron chi connectivity index (χ0n) is 18.9. The minimum absolute atomic E-state index is 0.195. The predicted octanol–water partition coefficient (Wildman–Crippen LogP) is 6.15. The van der Waals surface area contributed by atoms with Crippen molar-refractivity contribution in [2.45, 2.75) is 0 Å². The second-order valence-electron chi connectivity index (χ2n) is 8.56. The molecule has 0 unspecified atom stereocenters. The van der Waals surface area contributed by atoms with Crippen molar-refractivity contribution in [2.24, 2.45) is 0 Å². The number of pyridine rings is 2. The second kappa shape index (κ2) is 7.92. The molecule has 0 aliphatic heterocycles. The second-order valence-corrected chi connectivity index (χ2v) is 8.97. The number of aromatic nitrogens is 4.